The van der Waals surface area contributed by atoms with Crippen LogP contribution in [0.25, 0.3) is 6.08 Å². The van der Waals surface area contributed by atoms with E-state index in [2.05, 4.69) is 4.74 Å². The normalized spacial score (nSPS) is 19.0. The number of carbonyl (C=O) groups excluding carboxylic acids is 1. The van der Waals surface area contributed by atoms with E-state index in [0.717, 1.165) is 11.1 Å². The summed E-state index contributed by atoms with van der Waals surface area (Å²) < 4.78 is 16.4. The van der Waals surface area contributed by atoms with Crippen molar-refractivity contribution in [3.05, 3.63) is 59.7 Å². The molecule has 1 heterocycles. The van der Waals surface area contributed by atoms with Gasteiger partial charge in [-0.1, -0.05) is 18.2 Å². The Morgan fingerprint density at radius 3 is 2.60 bits per heavy atom. The van der Waals surface area contributed by atoms with Gasteiger partial charge < -0.3 is 24.4 Å². The predicted octanol–water partition coefficient (Wildman–Crippen LogP) is 2.45. The van der Waals surface area contributed by atoms with E-state index < -0.39 is 18.2 Å². The molecule has 2 atom stereocenters. The lowest BCUT2D eigenvalue weighted by Crippen LogP contribution is -2.36. The highest BCUT2D eigenvalue weighted by atomic mass is 16.6. The number of carbonyl (C=O) groups is 1. The minimum Gasteiger partial charge on any atom is -0.508 e. The first-order valence-corrected chi connectivity index (χ1v) is 7.74. The molecule has 130 valence electrons. The molecule has 6 heteroatoms. The van der Waals surface area contributed by atoms with Crippen LogP contribution in [0.1, 0.15) is 17.2 Å². The Morgan fingerprint density at radius 1 is 1.16 bits per heavy atom. The van der Waals surface area contributed by atoms with Crippen molar-refractivity contribution in [2.24, 2.45) is 0 Å². The molecule has 0 fully saturated rings. The summed E-state index contributed by atoms with van der Waals surface area (Å²) in [5, 5.41) is 19.1. The number of ether oxygens (including phenoxy) is 3. The molecule has 0 aliphatic carbocycles. The van der Waals surface area contributed by atoms with Crippen LogP contribution >= 0.6 is 0 Å². The molecule has 0 amide bonds. The molecular formula is C19H18O6. The van der Waals surface area contributed by atoms with Crippen LogP contribution in [0.3, 0.4) is 0 Å². The van der Waals surface area contributed by atoms with E-state index in [0.29, 0.717) is 11.5 Å². The molecule has 1 aliphatic rings. The highest BCUT2D eigenvalue weighted by Crippen LogP contribution is 2.40. The van der Waals surface area contributed by atoms with Gasteiger partial charge in [-0.3, -0.25) is 0 Å². The molecule has 0 unspecified atom stereocenters. The molecule has 3 rings (SSSR count). The van der Waals surface area contributed by atoms with E-state index in [1.807, 2.05) is 0 Å². The monoisotopic (exact) mass is 342 g/mol. The van der Waals surface area contributed by atoms with E-state index in [9.17, 15) is 15.0 Å². The minimum absolute atomic E-state index is 0.156. The van der Waals surface area contributed by atoms with Crippen LogP contribution in [0, 0.1) is 0 Å². The number of fused-ring (bicyclic) bond motifs is 1. The third-order valence-electron chi connectivity index (χ3n) is 3.85. The van der Waals surface area contributed by atoms with Gasteiger partial charge >= 0.3 is 5.97 Å². The van der Waals surface area contributed by atoms with Crippen molar-refractivity contribution in [2.45, 2.75) is 12.2 Å². The largest absolute Gasteiger partial charge is 0.508 e. The summed E-state index contributed by atoms with van der Waals surface area (Å²) in [6, 6.07) is 11.8. The van der Waals surface area contributed by atoms with E-state index in [4.69, 9.17) is 9.47 Å². The number of aliphatic hydroxyl groups excluding tert-OH is 1. The zero-order valence-corrected chi connectivity index (χ0v) is 13.6. The van der Waals surface area contributed by atoms with Crippen LogP contribution in [-0.2, 0) is 9.53 Å². The summed E-state index contributed by atoms with van der Waals surface area (Å²) >= 11 is 0. The fraction of sp³-hybridized carbons (Fsp3) is 0.211. The zero-order chi connectivity index (χ0) is 17.8. The second kappa shape index (κ2) is 7.27. The quantitative estimate of drug-likeness (QED) is 0.656. The van der Waals surface area contributed by atoms with Gasteiger partial charge in [-0.15, -0.1) is 0 Å². The molecule has 2 aromatic carbocycles. The number of aromatic hydroxyl groups is 1. The first-order valence-electron chi connectivity index (χ1n) is 7.74. The fourth-order valence-electron chi connectivity index (χ4n) is 2.57. The lowest BCUT2D eigenvalue weighted by atomic mass is 10.0. The molecule has 0 saturated heterocycles. The number of methoxy groups -OCH3 is 1. The summed E-state index contributed by atoms with van der Waals surface area (Å²) in [5.74, 6) is 0.734. The minimum atomic E-state index is -0.586. The first-order chi connectivity index (χ1) is 12.1. The predicted molar refractivity (Wildman–Crippen MR) is 90.5 cm³/mol. The number of aliphatic hydroxyl groups is 1. The van der Waals surface area contributed by atoms with Crippen molar-refractivity contribution in [1.82, 2.24) is 0 Å². The summed E-state index contributed by atoms with van der Waals surface area (Å²) in [6.07, 6.45) is 1.84. The van der Waals surface area contributed by atoms with Gasteiger partial charge in [-0.25, -0.2) is 4.79 Å². The van der Waals surface area contributed by atoms with Crippen LogP contribution in [0.15, 0.2) is 48.5 Å². The molecule has 2 aromatic rings. The Labute approximate surface area is 144 Å². The topological polar surface area (TPSA) is 85.2 Å². The van der Waals surface area contributed by atoms with Crippen molar-refractivity contribution in [2.75, 3.05) is 13.7 Å². The Hall–Kier alpha value is -2.99. The zero-order valence-electron chi connectivity index (χ0n) is 13.6. The smallest absolute Gasteiger partial charge is 0.330 e. The summed E-state index contributed by atoms with van der Waals surface area (Å²) in [5.41, 5.74) is 1.53. The van der Waals surface area contributed by atoms with Gasteiger partial charge in [0.05, 0.1) is 13.7 Å². The molecule has 2 N–H and O–H groups in total. The van der Waals surface area contributed by atoms with Crippen molar-refractivity contribution in [1.29, 1.82) is 0 Å². The maximum absolute atomic E-state index is 11.2. The van der Waals surface area contributed by atoms with E-state index >= 15 is 0 Å². The van der Waals surface area contributed by atoms with Gasteiger partial charge in [-0.2, -0.15) is 0 Å². The number of rotatable bonds is 4. The van der Waals surface area contributed by atoms with Gasteiger partial charge in [0.25, 0.3) is 0 Å². The maximum atomic E-state index is 11.2. The van der Waals surface area contributed by atoms with Crippen molar-refractivity contribution >= 4 is 12.0 Å². The molecule has 0 spiro atoms. The van der Waals surface area contributed by atoms with Gasteiger partial charge in [-0.05, 0) is 41.5 Å². The second-order valence-corrected chi connectivity index (χ2v) is 5.53. The lowest BCUT2D eigenvalue weighted by Gasteiger charge is -2.33. The molecular weight excluding hydrogens is 324 g/mol. The van der Waals surface area contributed by atoms with E-state index in [1.165, 1.54) is 13.2 Å². The Bertz CT molecular complexity index is 781. The van der Waals surface area contributed by atoms with Crippen LogP contribution in [-0.4, -0.2) is 36.0 Å². The van der Waals surface area contributed by atoms with Crippen LogP contribution in [0.2, 0.25) is 0 Å². The van der Waals surface area contributed by atoms with Gasteiger partial charge in [0, 0.05) is 6.08 Å². The van der Waals surface area contributed by atoms with Gasteiger partial charge in [0.15, 0.2) is 23.7 Å². The summed E-state index contributed by atoms with van der Waals surface area (Å²) in [6.45, 7) is -0.229. The Balaban J connectivity index is 1.85. The number of hydrogen-bond donors (Lipinski definition) is 2. The summed E-state index contributed by atoms with van der Waals surface area (Å²) in [4.78, 5) is 11.2. The number of esters is 1. The average Bonchev–Trinajstić information content (AvgIpc) is 2.65. The van der Waals surface area contributed by atoms with E-state index in [-0.39, 0.29) is 12.4 Å². The lowest BCUT2D eigenvalue weighted by molar-refractivity contribution is -0.134. The number of hydrogen-bond acceptors (Lipinski definition) is 6. The Morgan fingerprint density at radius 2 is 1.92 bits per heavy atom. The molecule has 0 radical (unpaired) electrons. The van der Waals surface area contributed by atoms with Crippen LogP contribution in [0.5, 0.6) is 17.2 Å². The Kier molecular flexibility index (Phi) is 4.90. The van der Waals surface area contributed by atoms with Crippen LogP contribution in [0.4, 0.5) is 0 Å². The number of benzene rings is 2. The third kappa shape index (κ3) is 3.75. The maximum Gasteiger partial charge on any atom is 0.330 e. The van der Waals surface area contributed by atoms with Gasteiger partial charge in [0.1, 0.15) is 5.75 Å². The molecule has 0 bridgehead atoms. The number of phenolic OH excluding ortho intramolecular Hbond substituents is 1. The van der Waals surface area contributed by atoms with Crippen molar-refractivity contribution in [3.63, 3.8) is 0 Å². The molecule has 0 aromatic heterocycles. The molecule has 6 nitrogen and oxygen atoms in total. The summed E-state index contributed by atoms with van der Waals surface area (Å²) in [7, 11) is 1.31. The number of phenols is 1. The highest BCUT2D eigenvalue weighted by Gasteiger charge is 2.32. The standard InChI is InChI=1S/C19H18O6/c1-23-18(22)9-3-12-2-8-15-16(10-12)24-17(11-20)19(25-15)13-4-6-14(21)7-5-13/h2-10,17,19-21H,11H2,1H3/b9-3+/t17-,19-/m0/s1. The fourth-order valence-corrected chi connectivity index (χ4v) is 2.57. The molecule has 0 saturated carbocycles. The molecule has 1 aliphatic heterocycles. The van der Waals surface area contributed by atoms with E-state index in [1.54, 1.807) is 48.5 Å². The first kappa shape index (κ1) is 16.9. The third-order valence-corrected chi connectivity index (χ3v) is 3.85. The van der Waals surface area contributed by atoms with Crippen LogP contribution < -0.4 is 9.47 Å². The van der Waals surface area contributed by atoms with Gasteiger partial charge in [0.2, 0.25) is 0 Å². The van der Waals surface area contributed by atoms with Crippen molar-refractivity contribution in [3.8, 4) is 17.2 Å². The molecule has 25 heavy (non-hydrogen) atoms. The highest BCUT2D eigenvalue weighted by molar-refractivity contribution is 5.87. The second-order valence-electron chi connectivity index (χ2n) is 5.53. The van der Waals surface area contributed by atoms with Crippen molar-refractivity contribution < 1.29 is 29.2 Å². The SMILES string of the molecule is COC(=O)/C=C/c1ccc2c(c1)O[C@@H](CO)[C@H](c1ccc(O)cc1)O2. The average molecular weight is 342 g/mol.